The maximum Gasteiger partial charge on any atom is 0.339 e. The molecular formula is C20H23NO6S. The topological polar surface area (TPSA) is 98.8 Å². The number of benzene rings is 2. The average Bonchev–Trinajstić information content (AvgIpc) is 2.65. The first-order chi connectivity index (χ1) is 13.1. The number of carbonyl (C=O) groups is 2. The highest BCUT2D eigenvalue weighted by Crippen LogP contribution is 2.17. The van der Waals surface area contributed by atoms with Crippen LogP contribution in [0.15, 0.2) is 47.4 Å². The van der Waals surface area contributed by atoms with Crippen molar-refractivity contribution < 1.29 is 27.5 Å². The predicted octanol–water partition coefficient (Wildman–Crippen LogP) is 2.27. The Bertz CT molecular complexity index is 967. The second-order valence-electron chi connectivity index (χ2n) is 6.36. The van der Waals surface area contributed by atoms with Gasteiger partial charge in [-0.1, -0.05) is 18.2 Å². The number of methoxy groups -OCH3 is 1. The van der Waals surface area contributed by atoms with Crippen molar-refractivity contribution in [3.8, 4) is 5.75 Å². The maximum atomic E-state index is 12.4. The van der Waals surface area contributed by atoms with Crippen LogP contribution in [0.4, 0.5) is 0 Å². The molecule has 0 fully saturated rings. The van der Waals surface area contributed by atoms with Gasteiger partial charge in [-0.15, -0.1) is 0 Å². The van der Waals surface area contributed by atoms with Crippen molar-refractivity contribution in [1.29, 1.82) is 0 Å². The van der Waals surface area contributed by atoms with E-state index in [1.807, 2.05) is 12.1 Å². The molecule has 2 rings (SSSR count). The van der Waals surface area contributed by atoms with Crippen molar-refractivity contribution in [3.63, 3.8) is 0 Å². The van der Waals surface area contributed by atoms with Gasteiger partial charge in [0.1, 0.15) is 5.75 Å². The Morgan fingerprint density at radius 3 is 2.32 bits per heavy atom. The summed E-state index contributed by atoms with van der Waals surface area (Å²) in [5.41, 5.74) is 1.53. The van der Waals surface area contributed by atoms with E-state index >= 15 is 0 Å². The fraction of sp³-hybridized carbons (Fsp3) is 0.300. The van der Waals surface area contributed by atoms with Gasteiger partial charge in [-0.25, -0.2) is 13.2 Å². The van der Waals surface area contributed by atoms with Gasteiger partial charge in [-0.05, 0) is 49.2 Å². The molecule has 1 N–H and O–H groups in total. The number of hydrogen-bond acceptors (Lipinski definition) is 6. The van der Waals surface area contributed by atoms with E-state index in [0.29, 0.717) is 11.3 Å². The molecule has 0 aliphatic carbocycles. The van der Waals surface area contributed by atoms with E-state index in [4.69, 9.17) is 9.47 Å². The summed E-state index contributed by atoms with van der Waals surface area (Å²) in [6.45, 7) is 3.39. The molecule has 0 bridgehead atoms. The Hall–Kier alpha value is -2.87. The molecule has 0 aromatic heterocycles. The first-order valence-electron chi connectivity index (χ1n) is 8.54. The van der Waals surface area contributed by atoms with E-state index in [-0.39, 0.29) is 17.0 Å². The number of esters is 1. The molecule has 0 unspecified atom stereocenters. The number of ether oxygens (including phenoxy) is 2. The van der Waals surface area contributed by atoms with Gasteiger partial charge >= 0.3 is 5.97 Å². The Morgan fingerprint density at radius 2 is 1.75 bits per heavy atom. The third-order valence-electron chi connectivity index (χ3n) is 4.14. The summed E-state index contributed by atoms with van der Waals surface area (Å²) < 4.78 is 33.7. The van der Waals surface area contributed by atoms with Crippen molar-refractivity contribution >= 4 is 21.7 Å². The molecule has 150 valence electrons. The van der Waals surface area contributed by atoms with Crippen molar-refractivity contribution in [3.05, 3.63) is 59.2 Å². The molecular weight excluding hydrogens is 382 g/mol. The third kappa shape index (κ3) is 5.56. The zero-order chi connectivity index (χ0) is 20.9. The number of sulfone groups is 1. The Balaban J connectivity index is 2.00. The van der Waals surface area contributed by atoms with Gasteiger partial charge in [0.2, 0.25) is 0 Å². The van der Waals surface area contributed by atoms with Gasteiger partial charge in [0.25, 0.3) is 5.91 Å². The number of carbonyl (C=O) groups excluding carboxylic acids is 2. The predicted molar refractivity (Wildman–Crippen MR) is 104 cm³/mol. The zero-order valence-electron chi connectivity index (χ0n) is 16.2. The average molecular weight is 405 g/mol. The van der Waals surface area contributed by atoms with Gasteiger partial charge in [0.15, 0.2) is 15.9 Å². The fourth-order valence-electron chi connectivity index (χ4n) is 2.41. The van der Waals surface area contributed by atoms with Crippen LogP contribution in [-0.2, 0) is 25.9 Å². The van der Waals surface area contributed by atoms with E-state index in [2.05, 4.69) is 5.32 Å². The highest BCUT2D eigenvalue weighted by atomic mass is 32.2. The van der Waals surface area contributed by atoms with E-state index in [9.17, 15) is 18.0 Å². The number of aryl methyl sites for hydroxylation is 1. The summed E-state index contributed by atoms with van der Waals surface area (Å²) >= 11 is 0. The smallest absolute Gasteiger partial charge is 0.339 e. The highest BCUT2D eigenvalue weighted by Gasteiger charge is 2.21. The van der Waals surface area contributed by atoms with Gasteiger partial charge < -0.3 is 14.8 Å². The standard InChI is InChI=1S/C20H23NO6S/c1-13-5-10-17(28(4,24)25)11-18(13)20(23)27-14(2)19(22)21-12-15-6-8-16(26-3)9-7-15/h5-11,14H,12H2,1-4H3,(H,21,22)/t14-/m0/s1. The van der Waals surface area contributed by atoms with Crippen LogP contribution in [0.1, 0.15) is 28.4 Å². The number of nitrogens with one attached hydrogen (secondary N) is 1. The number of hydrogen-bond donors (Lipinski definition) is 1. The Kier molecular flexibility index (Phi) is 6.80. The van der Waals surface area contributed by atoms with Crippen molar-refractivity contribution in [2.75, 3.05) is 13.4 Å². The van der Waals surface area contributed by atoms with Crippen LogP contribution in [0.25, 0.3) is 0 Å². The molecule has 1 atom stereocenters. The van der Waals surface area contributed by atoms with Crippen LogP contribution >= 0.6 is 0 Å². The highest BCUT2D eigenvalue weighted by molar-refractivity contribution is 7.90. The minimum atomic E-state index is -3.46. The zero-order valence-corrected chi connectivity index (χ0v) is 17.0. The summed E-state index contributed by atoms with van der Waals surface area (Å²) in [4.78, 5) is 24.6. The first kappa shape index (κ1) is 21.4. The van der Waals surface area contributed by atoms with E-state index < -0.39 is 27.8 Å². The summed E-state index contributed by atoms with van der Waals surface area (Å²) in [5.74, 6) is -0.500. The van der Waals surface area contributed by atoms with Crippen LogP contribution in [0.2, 0.25) is 0 Å². The molecule has 0 radical (unpaired) electrons. The third-order valence-corrected chi connectivity index (χ3v) is 5.25. The SMILES string of the molecule is COc1ccc(CNC(=O)[C@H](C)OC(=O)c2cc(S(C)(=O)=O)ccc2C)cc1. The summed E-state index contributed by atoms with van der Waals surface area (Å²) in [5, 5.41) is 2.69. The van der Waals surface area contributed by atoms with Crippen LogP contribution in [0.5, 0.6) is 5.75 Å². The first-order valence-corrected chi connectivity index (χ1v) is 10.4. The molecule has 0 saturated heterocycles. The van der Waals surface area contributed by atoms with E-state index in [1.165, 1.54) is 25.1 Å². The molecule has 0 heterocycles. The Morgan fingerprint density at radius 1 is 1.11 bits per heavy atom. The van der Waals surface area contributed by atoms with Gasteiger partial charge in [0, 0.05) is 12.8 Å². The lowest BCUT2D eigenvalue weighted by Crippen LogP contribution is -2.35. The monoisotopic (exact) mass is 405 g/mol. The van der Waals surface area contributed by atoms with E-state index in [1.54, 1.807) is 26.2 Å². The van der Waals surface area contributed by atoms with Gasteiger partial charge in [0.05, 0.1) is 17.6 Å². The molecule has 0 aliphatic rings. The molecule has 28 heavy (non-hydrogen) atoms. The second-order valence-corrected chi connectivity index (χ2v) is 8.38. The number of rotatable bonds is 7. The molecule has 2 aromatic carbocycles. The van der Waals surface area contributed by atoms with Gasteiger partial charge in [-0.3, -0.25) is 4.79 Å². The fourth-order valence-corrected chi connectivity index (χ4v) is 3.05. The van der Waals surface area contributed by atoms with Crippen molar-refractivity contribution in [1.82, 2.24) is 5.32 Å². The lowest BCUT2D eigenvalue weighted by atomic mass is 10.1. The minimum Gasteiger partial charge on any atom is -0.497 e. The van der Waals surface area contributed by atoms with Crippen LogP contribution < -0.4 is 10.1 Å². The minimum absolute atomic E-state index is 0.0154. The molecule has 8 heteroatoms. The van der Waals surface area contributed by atoms with Crippen molar-refractivity contribution in [2.45, 2.75) is 31.4 Å². The maximum absolute atomic E-state index is 12.4. The lowest BCUT2D eigenvalue weighted by molar-refractivity contribution is -0.129. The normalized spacial score (nSPS) is 12.1. The molecule has 2 aromatic rings. The summed E-state index contributed by atoms with van der Waals surface area (Å²) in [6.07, 6.45) is 0.0224. The number of amides is 1. The molecule has 7 nitrogen and oxygen atoms in total. The van der Waals surface area contributed by atoms with Crippen LogP contribution in [0, 0.1) is 6.92 Å². The van der Waals surface area contributed by atoms with Gasteiger partial charge in [-0.2, -0.15) is 0 Å². The quantitative estimate of drug-likeness (QED) is 0.710. The summed E-state index contributed by atoms with van der Waals surface area (Å²) in [6, 6.07) is 11.4. The molecule has 1 amide bonds. The largest absolute Gasteiger partial charge is 0.497 e. The van der Waals surface area contributed by atoms with Crippen LogP contribution in [0.3, 0.4) is 0 Å². The Labute approximate surface area is 164 Å². The lowest BCUT2D eigenvalue weighted by Gasteiger charge is -2.15. The van der Waals surface area contributed by atoms with Crippen LogP contribution in [-0.4, -0.2) is 39.8 Å². The molecule has 0 saturated carbocycles. The molecule has 0 spiro atoms. The van der Waals surface area contributed by atoms with Crippen molar-refractivity contribution in [2.24, 2.45) is 0 Å². The molecule has 0 aliphatic heterocycles. The summed E-state index contributed by atoms with van der Waals surface area (Å²) in [7, 11) is -1.89. The van der Waals surface area contributed by atoms with E-state index in [0.717, 1.165) is 11.8 Å². The second kappa shape index (κ2) is 8.88.